The Morgan fingerprint density at radius 2 is 1.93 bits per heavy atom. The molecule has 1 heterocycles. The van der Waals surface area contributed by atoms with Gasteiger partial charge in [-0.15, -0.1) is 0 Å². The third-order valence-electron chi connectivity index (χ3n) is 4.17. The lowest BCUT2D eigenvalue weighted by Gasteiger charge is -2.18. The van der Waals surface area contributed by atoms with E-state index in [4.69, 9.17) is 9.47 Å². The van der Waals surface area contributed by atoms with Gasteiger partial charge in [0.05, 0.1) is 24.1 Å². The van der Waals surface area contributed by atoms with Gasteiger partial charge in [0.25, 0.3) is 5.91 Å². The fourth-order valence-corrected chi connectivity index (χ4v) is 3.67. The van der Waals surface area contributed by atoms with Gasteiger partial charge < -0.3 is 14.8 Å². The molecule has 0 fully saturated rings. The van der Waals surface area contributed by atoms with E-state index in [-0.39, 0.29) is 35.9 Å². The van der Waals surface area contributed by atoms with Crippen LogP contribution in [0.5, 0.6) is 11.5 Å². The van der Waals surface area contributed by atoms with Crippen molar-refractivity contribution in [2.75, 3.05) is 24.1 Å². The Hall–Kier alpha value is -2.74. The molecule has 2 aromatic carbocycles. The van der Waals surface area contributed by atoms with Crippen molar-refractivity contribution in [3.05, 3.63) is 53.6 Å². The number of anilines is 1. The Morgan fingerprint density at radius 1 is 1.18 bits per heavy atom. The van der Waals surface area contributed by atoms with Crippen molar-refractivity contribution in [3.8, 4) is 11.5 Å². The van der Waals surface area contributed by atoms with Crippen LogP contribution in [0.4, 0.5) is 5.69 Å². The van der Waals surface area contributed by atoms with E-state index in [1.165, 1.54) is 0 Å². The summed E-state index contributed by atoms with van der Waals surface area (Å²) in [6.45, 7) is 4.57. The van der Waals surface area contributed by atoms with Gasteiger partial charge in [0, 0.05) is 12.0 Å². The van der Waals surface area contributed by atoms with Crippen molar-refractivity contribution in [2.24, 2.45) is 0 Å². The lowest BCUT2D eigenvalue weighted by molar-refractivity contribution is 0.0947. The van der Waals surface area contributed by atoms with Gasteiger partial charge >= 0.3 is 0 Å². The number of rotatable bonds is 7. The molecule has 0 saturated carbocycles. The molecule has 7 nitrogen and oxygen atoms in total. The van der Waals surface area contributed by atoms with Gasteiger partial charge in [-0.25, -0.2) is 8.42 Å². The minimum Gasteiger partial charge on any atom is -0.488 e. The molecule has 1 aliphatic rings. The second kappa shape index (κ2) is 7.71. The maximum atomic E-state index is 12.4. The van der Waals surface area contributed by atoms with Crippen molar-refractivity contribution >= 4 is 21.6 Å². The van der Waals surface area contributed by atoms with Crippen molar-refractivity contribution in [2.45, 2.75) is 25.9 Å². The van der Waals surface area contributed by atoms with Crippen LogP contribution in [0, 0.1) is 0 Å². The lowest BCUT2D eigenvalue weighted by atomic mass is 10.0. The van der Waals surface area contributed by atoms with Crippen LogP contribution in [-0.4, -0.2) is 39.3 Å². The predicted molar refractivity (Wildman–Crippen MR) is 108 cm³/mol. The van der Waals surface area contributed by atoms with Crippen LogP contribution in [0.15, 0.2) is 42.5 Å². The average Bonchev–Trinajstić information content (AvgIpc) is 2.92. The van der Waals surface area contributed by atoms with E-state index >= 15 is 0 Å². The number of fused-ring (bicyclic) bond motifs is 1. The minimum atomic E-state index is -3.48. The predicted octanol–water partition coefficient (Wildman–Crippen LogP) is 2.58. The zero-order chi connectivity index (χ0) is 20.4. The maximum Gasteiger partial charge on any atom is 0.253 e. The highest BCUT2D eigenvalue weighted by molar-refractivity contribution is 7.92. The van der Waals surface area contributed by atoms with E-state index < -0.39 is 10.0 Å². The zero-order valence-electron chi connectivity index (χ0n) is 16.1. The van der Waals surface area contributed by atoms with Crippen LogP contribution in [0.1, 0.15) is 29.8 Å². The van der Waals surface area contributed by atoms with Gasteiger partial charge in [0.1, 0.15) is 12.2 Å². The Kier molecular flexibility index (Phi) is 5.51. The number of amides is 1. The Labute approximate surface area is 165 Å². The van der Waals surface area contributed by atoms with Gasteiger partial charge in [-0.05, 0) is 32.0 Å². The average molecular weight is 404 g/mol. The molecule has 3 rings (SSSR count). The fourth-order valence-electron chi connectivity index (χ4n) is 3.09. The third-order valence-corrected chi connectivity index (χ3v) is 4.76. The first-order valence-electron chi connectivity index (χ1n) is 8.93. The molecule has 0 saturated heterocycles. The van der Waals surface area contributed by atoms with Crippen LogP contribution < -0.4 is 19.5 Å². The van der Waals surface area contributed by atoms with Gasteiger partial charge in [0.2, 0.25) is 10.0 Å². The number of hydrogen-bond acceptors (Lipinski definition) is 5. The monoisotopic (exact) mass is 404 g/mol. The van der Waals surface area contributed by atoms with Crippen LogP contribution in [0.3, 0.4) is 0 Å². The molecule has 0 spiro atoms. The molecule has 2 aromatic rings. The van der Waals surface area contributed by atoms with Crippen molar-refractivity contribution < 1.29 is 22.7 Å². The summed E-state index contributed by atoms with van der Waals surface area (Å²) >= 11 is 0. The quantitative estimate of drug-likeness (QED) is 0.692. The van der Waals surface area contributed by atoms with E-state index in [0.29, 0.717) is 5.75 Å². The highest BCUT2D eigenvalue weighted by Crippen LogP contribution is 2.41. The summed E-state index contributed by atoms with van der Waals surface area (Å²) in [6.07, 6.45) is 1.86. The standard InChI is InChI=1S/C20H24N2O5S/c1-20(2)13-14-7-6-10-17(18(14)27-20)26-12-11-21-19(23)15-8-4-5-9-16(15)22-28(3,24)25/h4-10,22H,11-13H2,1-3H3,(H,21,23). The number of nitrogens with one attached hydrogen (secondary N) is 2. The molecule has 0 aromatic heterocycles. The normalized spacial score (nSPS) is 14.7. The summed E-state index contributed by atoms with van der Waals surface area (Å²) in [4.78, 5) is 12.4. The van der Waals surface area contributed by atoms with E-state index in [9.17, 15) is 13.2 Å². The van der Waals surface area contributed by atoms with E-state index in [1.807, 2.05) is 32.0 Å². The fraction of sp³-hybridized carbons (Fsp3) is 0.350. The molecule has 2 N–H and O–H groups in total. The molecule has 8 heteroatoms. The van der Waals surface area contributed by atoms with Crippen LogP contribution >= 0.6 is 0 Å². The molecule has 28 heavy (non-hydrogen) atoms. The summed E-state index contributed by atoms with van der Waals surface area (Å²) in [6, 6.07) is 12.2. The molecule has 0 bridgehead atoms. The first-order chi connectivity index (χ1) is 13.1. The second-order valence-electron chi connectivity index (χ2n) is 7.31. The van der Waals surface area contributed by atoms with Crippen LogP contribution in [0.25, 0.3) is 0 Å². The lowest BCUT2D eigenvalue weighted by Crippen LogP contribution is -2.29. The van der Waals surface area contributed by atoms with Crippen LogP contribution in [0.2, 0.25) is 0 Å². The summed E-state index contributed by atoms with van der Waals surface area (Å²) in [5.74, 6) is 1.02. The second-order valence-corrected chi connectivity index (χ2v) is 9.06. The smallest absolute Gasteiger partial charge is 0.253 e. The van der Waals surface area contributed by atoms with Gasteiger partial charge in [0.15, 0.2) is 11.5 Å². The summed E-state index contributed by atoms with van der Waals surface area (Å²) < 4.78 is 37.0. The highest BCUT2D eigenvalue weighted by Gasteiger charge is 2.32. The number of benzene rings is 2. The molecule has 0 radical (unpaired) electrons. The maximum absolute atomic E-state index is 12.4. The molecule has 1 aliphatic heterocycles. The highest BCUT2D eigenvalue weighted by atomic mass is 32.2. The van der Waals surface area contributed by atoms with E-state index in [0.717, 1.165) is 24.0 Å². The summed E-state index contributed by atoms with van der Waals surface area (Å²) in [5, 5.41) is 2.74. The molecular formula is C20H24N2O5S. The SMILES string of the molecule is CC1(C)Cc2cccc(OCCNC(=O)c3ccccc3NS(C)(=O)=O)c2O1. The van der Waals surface area contributed by atoms with Crippen molar-refractivity contribution in [1.29, 1.82) is 0 Å². The molecule has 1 amide bonds. The molecule has 0 unspecified atom stereocenters. The Balaban J connectivity index is 1.58. The van der Waals surface area contributed by atoms with Gasteiger partial charge in [-0.3, -0.25) is 9.52 Å². The molecule has 0 atom stereocenters. The number of hydrogen-bond donors (Lipinski definition) is 2. The van der Waals surface area contributed by atoms with Gasteiger partial charge in [-0.1, -0.05) is 24.3 Å². The summed E-state index contributed by atoms with van der Waals surface area (Å²) in [7, 11) is -3.48. The topological polar surface area (TPSA) is 93.7 Å². The molecule has 150 valence electrons. The first-order valence-corrected chi connectivity index (χ1v) is 10.8. The number of sulfonamides is 1. The number of carbonyl (C=O) groups excluding carboxylic acids is 1. The first kappa shape index (κ1) is 20.0. The van der Waals surface area contributed by atoms with Crippen molar-refractivity contribution in [1.82, 2.24) is 5.32 Å². The number of ether oxygens (including phenoxy) is 2. The van der Waals surface area contributed by atoms with E-state index in [2.05, 4.69) is 10.0 Å². The van der Waals surface area contributed by atoms with E-state index in [1.54, 1.807) is 24.3 Å². The minimum absolute atomic E-state index is 0.236. The van der Waals surface area contributed by atoms with Crippen LogP contribution in [-0.2, 0) is 16.4 Å². The molecule has 0 aliphatic carbocycles. The van der Waals surface area contributed by atoms with Crippen molar-refractivity contribution in [3.63, 3.8) is 0 Å². The Morgan fingerprint density at radius 3 is 2.68 bits per heavy atom. The van der Waals surface area contributed by atoms with Gasteiger partial charge in [-0.2, -0.15) is 0 Å². The molecular weight excluding hydrogens is 380 g/mol. The zero-order valence-corrected chi connectivity index (χ0v) is 16.9. The largest absolute Gasteiger partial charge is 0.488 e. The number of carbonyl (C=O) groups is 1. The summed E-state index contributed by atoms with van der Waals surface area (Å²) in [5.41, 5.74) is 1.33. The Bertz CT molecular complexity index is 986. The third kappa shape index (κ3) is 4.95. The number of para-hydroxylation sites is 2.